The molecule has 0 aromatic heterocycles. The van der Waals surface area contributed by atoms with Crippen LogP contribution in [0.1, 0.15) is 46.5 Å². The number of hydrogen-bond donors (Lipinski definition) is 3. The first-order chi connectivity index (χ1) is 17.0. The van der Waals surface area contributed by atoms with Crippen LogP contribution >= 0.6 is 0 Å². The number of nitrogens with one attached hydrogen (secondary N) is 2. The predicted octanol–water partition coefficient (Wildman–Crippen LogP) is -0.146. The largest absolute Gasteiger partial charge is 0.480 e. The Labute approximate surface area is 213 Å². The first-order valence-electron chi connectivity index (χ1n) is 12.3. The van der Waals surface area contributed by atoms with E-state index >= 15 is 0 Å². The molecule has 0 bridgehead atoms. The van der Waals surface area contributed by atoms with Crippen LogP contribution in [0.5, 0.6) is 0 Å². The number of nitrogens with zero attached hydrogens (tertiary/aromatic N) is 2. The van der Waals surface area contributed by atoms with Gasteiger partial charge in [-0.05, 0) is 18.8 Å². The maximum atomic E-state index is 13.5. The molecule has 3 N–H and O–H groups in total. The minimum Gasteiger partial charge on any atom is -0.480 e. The van der Waals surface area contributed by atoms with Crippen LogP contribution in [0.2, 0.25) is 0 Å². The highest BCUT2D eigenvalue weighted by atomic mass is 16.5. The van der Waals surface area contributed by atoms with Crippen LogP contribution in [0.4, 0.5) is 0 Å². The van der Waals surface area contributed by atoms with Crippen molar-refractivity contribution in [2.75, 3.05) is 40.9 Å². The number of carbonyl (C=O) groups is 5. The maximum absolute atomic E-state index is 13.5. The van der Waals surface area contributed by atoms with Crippen molar-refractivity contribution in [3.05, 3.63) is 0 Å². The first kappa shape index (κ1) is 31.3. The van der Waals surface area contributed by atoms with Gasteiger partial charge in [-0.2, -0.15) is 0 Å². The van der Waals surface area contributed by atoms with Crippen molar-refractivity contribution < 1.29 is 38.6 Å². The molecule has 4 amide bonds. The van der Waals surface area contributed by atoms with Crippen molar-refractivity contribution in [1.82, 2.24) is 20.4 Å². The fraction of sp³-hybridized carbons (Fsp3) is 0.792. The van der Waals surface area contributed by atoms with Gasteiger partial charge in [-0.3, -0.25) is 24.0 Å². The molecule has 6 unspecified atom stereocenters. The zero-order chi connectivity index (χ0) is 27.4. The van der Waals surface area contributed by atoms with Crippen molar-refractivity contribution in [3.63, 3.8) is 0 Å². The van der Waals surface area contributed by atoms with Crippen LogP contribution in [0, 0.1) is 11.8 Å². The molecule has 12 nitrogen and oxygen atoms in total. The van der Waals surface area contributed by atoms with Crippen LogP contribution in [0.15, 0.2) is 0 Å². The molecule has 6 atom stereocenters. The smallest absolute Gasteiger partial charge is 0.322 e. The normalized spacial score (nSPS) is 19.5. The zero-order valence-corrected chi connectivity index (χ0v) is 22.2. The molecular weight excluding hydrogens is 472 g/mol. The molecule has 1 fully saturated rings. The summed E-state index contributed by atoms with van der Waals surface area (Å²) in [5, 5.41) is 13.6. The summed E-state index contributed by atoms with van der Waals surface area (Å²) in [6.07, 6.45) is 1.41. The van der Waals surface area contributed by atoms with Gasteiger partial charge in [0.1, 0.15) is 6.54 Å². The number of amides is 4. The van der Waals surface area contributed by atoms with Crippen molar-refractivity contribution in [2.45, 2.75) is 70.7 Å². The third-order valence-electron chi connectivity index (χ3n) is 7.05. The fourth-order valence-electron chi connectivity index (χ4n) is 4.90. The molecule has 0 saturated carbocycles. The Bertz CT molecular complexity index is 764. The lowest BCUT2D eigenvalue weighted by Crippen LogP contribution is -2.54. The predicted molar refractivity (Wildman–Crippen MR) is 131 cm³/mol. The summed E-state index contributed by atoms with van der Waals surface area (Å²) in [6.45, 7) is 5.48. The van der Waals surface area contributed by atoms with Gasteiger partial charge in [-0.1, -0.05) is 27.2 Å². The molecule has 1 aliphatic heterocycles. The zero-order valence-electron chi connectivity index (χ0n) is 22.2. The van der Waals surface area contributed by atoms with Gasteiger partial charge in [0.2, 0.25) is 24.1 Å². The van der Waals surface area contributed by atoms with Crippen LogP contribution < -0.4 is 10.6 Å². The van der Waals surface area contributed by atoms with Crippen LogP contribution in [-0.2, 0) is 33.4 Å². The van der Waals surface area contributed by atoms with E-state index in [0.29, 0.717) is 19.4 Å². The van der Waals surface area contributed by atoms with E-state index in [1.165, 1.54) is 19.1 Å². The second-order valence-electron chi connectivity index (χ2n) is 9.26. The number of rotatable bonds is 16. The summed E-state index contributed by atoms with van der Waals surface area (Å²) in [5.41, 5.74) is 0. The van der Waals surface area contributed by atoms with Gasteiger partial charge in [0.15, 0.2) is 0 Å². The molecule has 1 heterocycles. The number of ether oxygens (including phenoxy) is 2. The van der Waals surface area contributed by atoms with E-state index < -0.39 is 42.6 Å². The Morgan fingerprint density at radius 3 is 2.36 bits per heavy atom. The van der Waals surface area contributed by atoms with Crippen LogP contribution in [0.25, 0.3) is 0 Å². The number of likely N-dealkylation sites (tertiary alicyclic amines) is 1. The molecule has 0 aromatic rings. The van der Waals surface area contributed by atoms with Crippen LogP contribution in [0.3, 0.4) is 0 Å². The number of likely N-dealkylation sites (N-methyl/N-ethyl adjacent to an activating group) is 1. The minimum absolute atomic E-state index is 0.0204. The Morgan fingerprint density at radius 1 is 1.17 bits per heavy atom. The first-order valence-corrected chi connectivity index (χ1v) is 12.3. The molecule has 0 radical (unpaired) electrons. The lowest BCUT2D eigenvalue weighted by Gasteiger charge is -2.39. The highest BCUT2D eigenvalue weighted by molar-refractivity contribution is 5.83. The van der Waals surface area contributed by atoms with Crippen molar-refractivity contribution in [3.8, 4) is 0 Å². The second kappa shape index (κ2) is 15.4. The van der Waals surface area contributed by atoms with E-state index in [0.717, 1.165) is 12.8 Å². The van der Waals surface area contributed by atoms with Crippen LogP contribution in [-0.4, -0.2) is 110 Å². The number of aliphatic carboxylic acids is 1. The lowest BCUT2D eigenvalue weighted by molar-refractivity contribution is -0.146. The van der Waals surface area contributed by atoms with Gasteiger partial charge in [0.05, 0.1) is 43.2 Å². The Hall–Kier alpha value is -2.73. The summed E-state index contributed by atoms with van der Waals surface area (Å²) in [6, 6.07) is -0.756. The number of carbonyl (C=O) groups excluding carboxylic acids is 4. The summed E-state index contributed by atoms with van der Waals surface area (Å²) >= 11 is 0. The maximum Gasteiger partial charge on any atom is 0.322 e. The van der Waals surface area contributed by atoms with Gasteiger partial charge < -0.3 is 35.0 Å². The summed E-state index contributed by atoms with van der Waals surface area (Å²) in [5.74, 6) is -2.72. The molecule has 0 spiro atoms. The number of carboxylic acid groups (broad SMARTS) is 1. The Morgan fingerprint density at radius 2 is 1.83 bits per heavy atom. The third-order valence-corrected chi connectivity index (χ3v) is 7.05. The third kappa shape index (κ3) is 8.44. The second-order valence-corrected chi connectivity index (χ2v) is 9.26. The topological polar surface area (TPSA) is 155 Å². The molecule has 12 heteroatoms. The lowest BCUT2D eigenvalue weighted by atomic mass is 9.90. The molecule has 1 saturated heterocycles. The van der Waals surface area contributed by atoms with E-state index in [9.17, 15) is 24.0 Å². The highest BCUT2D eigenvalue weighted by Crippen LogP contribution is 2.29. The Balaban J connectivity index is 3.04. The van der Waals surface area contributed by atoms with E-state index in [2.05, 4.69) is 10.6 Å². The SMILES string of the molecule is CCC(C)C(C(CC(=O)N1CCCC1C(OC)C(C)C(=O)NCC(=O)O)OC)N(C)C(=O)CNC=O. The molecule has 1 aliphatic rings. The van der Waals surface area contributed by atoms with E-state index in [4.69, 9.17) is 14.6 Å². The van der Waals surface area contributed by atoms with E-state index in [1.807, 2.05) is 13.8 Å². The van der Waals surface area contributed by atoms with Gasteiger partial charge >= 0.3 is 5.97 Å². The molecule has 206 valence electrons. The standard InChI is InChI=1S/C24H42N4O8/c1-7-15(2)22(27(4)20(31)12-25-14-29)18(35-5)11-19(30)28-10-8-9-17(28)23(36-6)16(3)24(34)26-13-21(32)33/h14-18,22-23H,7-13H2,1-6H3,(H,25,29)(H,26,34)(H,32,33). The summed E-state index contributed by atoms with van der Waals surface area (Å²) in [7, 11) is 4.61. The number of methoxy groups -OCH3 is 2. The number of carboxylic acids is 1. The van der Waals surface area contributed by atoms with Gasteiger partial charge in [-0.25, -0.2) is 0 Å². The minimum atomic E-state index is -1.14. The summed E-state index contributed by atoms with van der Waals surface area (Å²) in [4.78, 5) is 63.2. The highest BCUT2D eigenvalue weighted by Gasteiger charge is 2.41. The average Bonchev–Trinajstić information content (AvgIpc) is 3.34. The average molecular weight is 515 g/mol. The quantitative estimate of drug-likeness (QED) is 0.240. The molecular formula is C24H42N4O8. The van der Waals surface area contributed by atoms with Crippen molar-refractivity contribution in [1.29, 1.82) is 0 Å². The van der Waals surface area contributed by atoms with E-state index in [-0.39, 0.29) is 36.7 Å². The molecule has 36 heavy (non-hydrogen) atoms. The fourth-order valence-corrected chi connectivity index (χ4v) is 4.90. The summed E-state index contributed by atoms with van der Waals surface area (Å²) < 4.78 is 11.3. The van der Waals surface area contributed by atoms with Crippen molar-refractivity contribution >= 4 is 30.1 Å². The monoisotopic (exact) mass is 514 g/mol. The van der Waals surface area contributed by atoms with Gasteiger partial charge in [-0.15, -0.1) is 0 Å². The van der Waals surface area contributed by atoms with Crippen molar-refractivity contribution in [2.24, 2.45) is 11.8 Å². The molecule has 0 aromatic carbocycles. The number of hydrogen-bond acceptors (Lipinski definition) is 7. The van der Waals surface area contributed by atoms with Gasteiger partial charge in [0, 0.05) is 27.8 Å². The molecule has 1 rings (SSSR count). The Kier molecular flexibility index (Phi) is 13.4. The van der Waals surface area contributed by atoms with Gasteiger partial charge in [0.25, 0.3) is 0 Å². The molecule has 0 aliphatic carbocycles. The van der Waals surface area contributed by atoms with E-state index in [1.54, 1.807) is 18.9 Å².